The van der Waals surface area contributed by atoms with Crippen LogP contribution in [0.4, 0.5) is 0 Å². The summed E-state index contributed by atoms with van der Waals surface area (Å²) in [6.07, 6.45) is 9.17. The van der Waals surface area contributed by atoms with Crippen LogP contribution in [0.1, 0.15) is 111 Å². The number of rotatable bonds is 27. The first-order valence-electron chi connectivity index (χ1n) is 21.9. The van der Waals surface area contributed by atoms with Crippen molar-refractivity contribution < 1.29 is 29.0 Å². The Labute approximate surface area is 356 Å². The van der Waals surface area contributed by atoms with Gasteiger partial charge in [-0.05, 0) is 69.4 Å². The number of nitrogens with zero attached hydrogens (tertiary/aromatic N) is 3. The van der Waals surface area contributed by atoms with Gasteiger partial charge in [-0.3, -0.25) is 14.5 Å². The van der Waals surface area contributed by atoms with Gasteiger partial charge in [0.25, 0.3) is 0 Å². The Morgan fingerprint density at radius 2 is 1.55 bits per heavy atom. The number of methoxy groups -OCH3 is 2. The lowest BCUT2D eigenvalue weighted by Gasteiger charge is -2.45. The minimum atomic E-state index is -0.875. The number of aliphatic carboxylic acids is 1. The van der Waals surface area contributed by atoms with Crippen molar-refractivity contribution in [2.45, 2.75) is 143 Å². The molecule has 328 valence electrons. The number of benzene rings is 1. The van der Waals surface area contributed by atoms with E-state index in [2.05, 4.69) is 55.9 Å². The largest absolute Gasteiger partial charge is 0.480 e. The van der Waals surface area contributed by atoms with Crippen LogP contribution >= 0.6 is 12.6 Å². The number of hydrogen-bond donors (Lipinski definition) is 4. The molecule has 0 saturated heterocycles. The summed E-state index contributed by atoms with van der Waals surface area (Å²) in [5.41, 5.74) is 5.82. The summed E-state index contributed by atoms with van der Waals surface area (Å²) >= 11 is 4.36. The number of carboxylic acid groups (broad SMARTS) is 1. The molecule has 2 aliphatic rings. The van der Waals surface area contributed by atoms with Gasteiger partial charge in [-0.15, -0.1) is 0 Å². The molecule has 58 heavy (non-hydrogen) atoms. The molecule has 7 unspecified atom stereocenters. The van der Waals surface area contributed by atoms with Gasteiger partial charge < -0.3 is 35.0 Å². The molecule has 2 aliphatic carbocycles. The van der Waals surface area contributed by atoms with Crippen LogP contribution in [-0.2, 0) is 30.3 Å². The third-order valence-electron chi connectivity index (χ3n) is 12.5. The lowest BCUT2D eigenvalue weighted by Crippen LogP contribution is -2.54. The number of ether oxygens (including phenoxy) is 2. The molecule has 1 aromatic carbocycles. The molecule has 0 heterocycles. The van der Waals surface area contributed by atoms with Crippen LogP contribution in [0, 0.1) is 17.8 Å². The Hall–Kier alpha value is -3.06. The molecule has 2 fully saturated rings. The van der Waals surface area contributed by atoms with Gasteiger partial charge in [0.1, 0.15) is 12.3 Å². The Morgan fingerprint density at radius 1 is 0.914 bits per heavy atom. The van der Waals surface area contributed by atoms with Gasteiger partial charge in [0, 0.05) is 70.3 Å². The van der Waals surface area contributed by atoms with Crippen molar-refractivity contribution in [1.82, 2.24) is 25.3 Å². The third-order valence-corrected chi connectivity index (χ3v) is 12.7. The summed E-state index contributed by atoms with van der Waals surface area (Å²) in [5, 5.41) is 16.9. The van der Waals surface area contributed by atoms with Crippen LogP contribution in [-0.4, -0.2) is 122 Å². The summed E-state index contributed by atoms with van der Waals surface area (Å²) in [7, 11) is 7.26. The van der Waals surface area contributed by atoms with E-state index in [1.807, 2.05) is 63.2 Å². The molecule has 12 heteroatoms. The van der Waals surface area contributed by atoms with E-state index in [9.17, 15) is 19.5 Å². The fourth-order valence-electron chi connectivity index (χ4n) is 8.65. The van der Waals surface area contributed by atoms with Crippen molar-refractivity contribution in [3.8, 4) is 0 Å². The number of unbranched alkanes of at least 4 members (excludes halogenated alkanes) is 1. The van der Waals surface area contributed by atoms with E-state index in [0.29, 0.717) is 25.1 Å². The maximum absolute atomic E-state index is 14.0. The second-order valence-corrected chi connectivity index (χ2v) is 17.4. The van der Waals surface area contributed by atoms with E-state index in [-0.39, 0.29) is 60.5 Å². The molecule has 0 aromatic heterocycles. The van der Waals surface area contributed by atoms with E-state index in [1.54, 1.807) is 19.1 Å². The molecular formula is C46H77N5O6S. The van der Waals surface area contributed by atoms with Gasteiger partial charge in [-0.1, -0.05) is 95.9 Å². The lowest BCUT2D eigenvalue weighted by molar-refractivity contribution is -0.139. The Balaban J connectivity index is 1.96. The second-order valence-electron chi connectivity index (χ2n) is 16.9. The summed E-state index contributed by atoms with van der Waals surface area (Å²) in [4.78, 5) is 46.3. The van der Waals surface area contributed by atoms with Gasteiger partial charge in [0.2, 0.25) is 11.8 Å². The maximum Gasteiger partial charge on any atom is 0.326 e. The normalized spacial score (nSPS) is 17.6. The number of likely N-dealkylation sites (N-methyl/N-ethyl adjacent to an activating group) is 2. The number of carboxylic acids is 1. The molecule has 0 spiro atoms. The number of carbonyl (C=O) groups is 3. The maximum atomic E-state index is 14.0. The monoisotopic (exact) mass is 828 g/mol. The van der Waals surface area contributed by atoms with Crippen molar-refractivity contribution in [2.75, 3.05) is 53.7 Å². The number of hydrogen-bond acceptors (Lipinski definition) is 9. The van der Waals surface area contributed by atoms with Gasteiger partial charge in [-0.25, -0.2) is 4.79 Å². The summed E-state index contributed by atoms with van der Waals surface area (Å²) in [6.45, 7) is 14.1. The Morgan fingerprint density at radius 3 is 2.03 bits per heavy atom. The number of carbonyl (C=O) groups excluding carboxylic acids is 2. The van der Waals surface area contributed by atoms with E-state index >= 15 is 0 Å². The third kappa shape index (κ3) is 13.5. The molecule has 2 saturated carbocycles. The molecule has 7 atom stereocenters. The van der Waals surface area contributed by atoms with Crippen LogP contribution in [0.2, 0.25) is 0 Å². The van der Waals surface area contributed by atoms with Crippen LogP contribution in [0.3, 0.4) is 0 Å². The van der Waals surface area contributed by atoms with E-state index in [4.69, 9.17) is 9.47 Å². The summed E-state index contributed by atoms with van der Waals surface area (Å²) in [6, 6.07) is 8.40. The van der Waals surface area contributed by atoms with Crippen molar-refractivity contribution in [3.05, 3.63) is 58.4 Å². The second kappa shape index (κ2) is 24.9. The SMILES string of the molecule is CCCCN(C(CC(OC)C(C(C)CC)N(C)C(=O)CNC(=O)C(C(C)C)N(C)CCS)=C1CCC1)C(OC)C(C)C(NC(Cc1ccccc1)C(=O)O)=C1CCC1. The van der Waals surface area contributed by atoms with E-state index < -0.39 is 12.0 Å². The predicted octanol–water partition coefficient (Wildman–Crippen LogP) is 7.14. The quantitative estimate of drug-likeness (QED) is 0.0542. The van der Waals surface area contributed by atoms with Crippen molar-refractivity contribution >= 4 is 30.4 Å². The topological polar surface area (TPSA) is 124 Å². The molecule has 0 aliphatic heterocycles. The van der Waals surface area contributed by atoms with Crippen LogP contribution in [0.15, 0.2) is 52.9 Å². The smallest absolute Gasteiger partial charge is 0.326 e. The Kier molecular flexibility index (Phi) is 21.2. The molecule has 1 aromatic rings. The first-order chi connectivity index (χ1) is 27.7. The van der Waals surface area contributed by atoms with Crippen LogP contribution in [0.25, 0.3) is 0 Å². The predicted molar refractivity (Wildman–Crippen MR) is 238 cm³/mol. The number of nitrogens with one attached hydrogen (secondary N) is 2. The van der Waals surface area contributed by atoms with Crippen molar-refractivity contribution in [1.29, 1.82) is 0 Å². The highest BCUT2D eigenvalue weighted by Crippen LogP contribution is 2.39. The molecule has 2 amide bonds. The molecule has 0 bridgehead atoms. The van der Waals surface area contributed by atoms with Crippen LogP contribution in [0.5, 0.6) is 0 Å². The first kappa shape index (κ1) is 49.3. The number of thiol groups is 1. The average molecular weight is 828 g/mol. The van der Waals surface area contributed by atoms with Gasteiger partial charge >= 0.3 is 5.97 Å². The number of amides is 2. The molecule has 0 radical (unpaired) electrons. The van der Waals surface area contributed by atoms with Crippen LogP contribution < -0.4 is 10.6 Å². The first-order valence-corrected chi connectivity index (χ1v) is 22.5. The van der Waals surface area contributed by atoms with Crippen molar-refractivity contribution in [3.63, 3.8) is 0 Å². The number of allylic oxidation sites excluding steroid dienone is 2. The summed E-state index contributed by atoms with van der Waals surface area (Å²) in [5.74, 6) is -0.516. The molecule has 3 rings (SSSR count). The average Bonchev–Trinajstić information content (AvgIpc) is 3.15. The minimum Gasteiger partial charge on any atom is -0.480 e. The molecule has 11 nitrogen and oxygen atoms in total. The highest BCUT2D eigenvalue weighted by atomic mass is 32.1. The van der Waals surface area contributed by atoms with Gasteiger partial charge in [-0.2, -0.15) is 12.6 Å². The highest BCUT2D eigenvalue weighted by molar-refractivity contribution is 7.80. The minimum absolute atomic E-state index is 0.0698. The zero-order valence-electron chi connectivity index (χ0n) is 37.4. The zero-order valence-corrected chi connectivity index (χ0v) is 38.3. The van der Waals surface area contributed by atoms with Crippen molar-refractivity contribution in [2.24, 2.45) is 17.8 Å². The summed E-state index contributed by atoms with van der Waals surface area (Å²) < 4.78 is 12.9. The fraction of sp³-hybridized carbons (Fsp3) is 0.717. The zero-order chi connectivity index (χ0) is 42.9. The molecular weight excluding hydrogens is 751 g/mol. The lowest BCUT2D eigenvalue weighted by atomic mass is 9.83. The highest BCUT2D eigenvalue weighted by Gasteiger charge is 2.39. The fourth-order valence-corrected chi connectivity index (χ4v) is 8.97. The van der Waals surface area contributed by atoms with Gasteiger partial charge in [0.15, 0.2) is 0 Å². The molecule has 3 N–H and O–H groups in total. The van der Waals surface area contributed by atoms with E-state index in [1.165, 1.54) is 16.8 Å². The van der Waals surface area contributed by atoms with Gasteiger partial charge in [0.05, 0.1) is 24.7 Å². The standard InChI is InChI=1S/C46H77N5O6S/c1-11-13-25-51(45(57-10)33(6)41(36-23-18-24-36)48-37(46(54)55)28-34-19-15-14-16-20-34)38(35-21-17-22-35)29-39(56-9)43(32(5)12-2)50(8)40(52)30-47-44(53)42(31(3)4)49(7)26-27-58/h14-16,19-20,31-33,37,39,42-43,45,48,58H,11-13,17-18,21-30H2,1-10H3,(H,47,53)(H,54,55). The Bertz CT molecular complexity index is 1490. The van der Waals surface area contributed by atoms with E-state index in [0.717, 1.165) is 75.6 Å².